The fraction of sp³-hybridized carbons (Fsp3) is 0.296. The molecule has 0 atom stereocenters. The number of alkyl halides is 9. The summed E-state index contributed by atoms with van der Waals surface area (Å²) in [5, 5.41) is 1.90. The zero-order valence-electron chi connectivity index (χ0n) is 21.7. The molecule has 0 radical (unpaired) electrons. The predicted octanol–water partition coefficient (Wildman–Crippen LogP) is 8.18. The van der Waals surface area contributed by atoms with Gasteiger partial charge in [0.05, 0.1) is 16.9 Å². The smallest absolute Gasteiger partial charge is 0.433 e. The van der Waals surface area contributed by atoms with Crippen LogP contribution in [0.1, 0.15) is 39.1 Å². The number of benzene rings is 2. The van der Waals surface area contributed by atoms with E-state index in [9.17, 15) is 49.1 Å². The number of amides is 2. The van der Waals surface area contributed by atoms with Crippen molar-refractivity contribution in [1.29, 1.82) is 0 Å². The van der Waals surface area contributed by atoms with Crippen molar-refractivity contribution in [3.05, 3.63) is 81.8 Å². The molecule has 0 spiro atoms. The maximum atomic E-state index is 15.8. The molecule has 0 bridgehead atoms. The summed E-state index contributed by atoms with van der Waals surface area (Å²) in [7, 11) is 0. The van der Waals surface area contributed by atoms with Crippen LogP contribution < -0.4 is 15.0 Å². The fourth-order valence-electron chi connectivity index (χ4n) is 4.16. The Labute approximate surface area is 250 Å². The molecule has 1 fully saturated rings. The minimum atomic E-state index is -6.58. The third kappa shape index (κ3) is 6.61. The zero-order valence-corrected chi connectivity index (χ0v) is 23.3. The van der Waals surface area contributed by atoms with Crippen molar-refractivity contribution in [1.82, 2.24) is 4.98 Å². The number of hydrogen-bond acceptors (Lipinski definition) is 4. The lowest BCUT2D eigenvalue weighted by Crippen LogP contribution is -2.50. The van der Waals surface area contributed by atoms with Gasteiger partial charge in [0.25, 0.3) is 11.8 Å². The summed E-state index contributed by atoms with van der Waals surface area (Å²) in [6, 6.07) is 5.73. The quantitative estimate of drug-likeness (QED) is 0.229. The molecule has 4 rings (SSSR count). The van der Waals surface area contributed by atoms with Gasteiger partial charge in [-0.05, 0) is 71.1 Å². The van der Waals surface area contributed by atoms with Crippen LogP contribution in [0.4, 0.5) is 55.3 Å². The highest BCUT2D eigenvalue weighted by Crippen LogP contribution is 2.55. The molecule has 1 aromatic heterocycles. The first-order valence-electron chi connectivity index (χ1n) is 12.4. The molecule has 1 aliphatic carbocycles. The van der Waals surface area contributed by atoms with Crippen molar-refractivity contribution in [3.8, 4) is 5.75 Å². The number of pyridine rings is 1. The number of hydrogen-bond donors (Lipinski definition) is 1. The van der Waals surface area contributed by atoms with E-state index < -0.39 is 69.3 Å². The van der Waals surface area contributed by atoms with E-state index in [1.807, 2.05) is 5.32 Å². The van der Waals surface area contributed by atoms with Gasteiger partial charge in [-0.25, -0.2) is 8.78 Å². The molecule has 6 nitrogen and oxygen atoms in total. The van der Waals surface area contributed by atoms with Crippen molar-refractivity contribution in [2.75, 3.05) is 16.8 Å². The number of aromatic nitrogens is 1. The monoisotopic (exact) mass is 701 g/mol. The van der Waals surface area contributed by atoms with Crippen molar-refractivity contribution in [2.45, 2.75) is 37.5 Å². The summed E-state index contributed by atoms with van der Waals surface area (Å²) in [5.41, 5.74) is -10.1. The maximum Gasteiger partial charge on any atom is 0.435 e. The Morgan fingerprint density at radius 2 is 1.61 bits per heavy atom. The summed E-state index contributed by atoms with van der Waals surface area (Å²) in [5.74, 6) is -4.76. The standard InChI is InChI=1S/C27H18BrF10N3O3/c28-17-10-15(25(32,26(33,34)35)27(36,37)38)11-19(44-24(30)31)21(17)40-22(42)16-2-1-3-18(20(16)29)41(12-13-4-5-13)23(43)14-6-8-39-9-7-14/h1-3,6-11,13,24H,4-5,12H2,(H,40,42). The van der Waals surface area contributed by atoms with Crippen LogP contribution >= 0.6 is 15.9 Å². The first-order valence-corrected chi connectivity index (χ1v) is 13.2. The van der Waals surface area contributed by atoms with Crippen molar-refractivity contribution >= 4 is 39.1 Å². The number of ether oxygens (including phenoxy) is 1. The Bertz CT molecular complexity index is 1530. The molecular formula is C27H18BrF10N3O3. The van der Waals surface area contributed by atoms with E-state index in [4.69, 9.17) is 0 Å². The topological polar surface area (TPSA) is 71.5 Å². The number of nitrogens with one attached hydrogen (secondary N) is 1. The Morgan fingerprint density at radius 3 is 2.16 bits per heavy atom. The van der Waals surface area contributed by atoms with Crippen LogP contribution in [0.2, 0.25) is 0 Å². The number of carbonyl (C=O) groups is 2. The maximum absolute atomic E-state index is 15.8. The van der Waals surface area contributed by atoms with Crippen molar-refractivity contribution in [2.24, 2.45) is 5.92 Å². The second-order valence-electron chi connectivity index (χ2n) is 9.55. The van der Waals surface area contributed by atoms with E-state index in [2.05, 4.69) is 25.7 Å². The van der Waals surface area contributed by atoms with Crippen LogP contribution in [0.25, 0.3) is 0 Å². The van der Waals surface area contributed by atoms with Gasteiger partial charge < -0.3 is 15.0 Å². The van der Waals surface area contributed by atoms with Gasteiger partial charge in [0.2, 0.25) is 0 Å². The van der Waals surface area contributed by atoms with E-state index in [0.29, 0.717) is 0 Å². The van der Waals surface area contributed by atoms with E-state index in [1.54, 1.807) is 0 Å². The van der Waals surface area contributed by atoms with Gasteiger partial charge in [0.15, 0.2) is 11.6 Å². The lowest BCUT2D eigenvalue weighted by Gasteiger charge is -2.31. The summed E-state index contributed by atoms with van der Waals surface area (Å²) in [6.45, 7) is -3.78. The molecule has 2 amide bonds. The van der Waals surface area contributed by atoms with Crippen LogP contribution in [0.15, 0.2) is 59.3 Å². The molecule has 0 unspecified atom stereocenters. The third-order valence-corrected chi connectivity index (χ3v) is 7.14. The van der Waals surface area contributed by atoms with E-state index in [0.717, 1.165) is 23.8 Å². The number of carbonyl (C=O) groups excluding carboxylic acids is 2. The molecule has 0 saturated heterocycles. The Morgan fingerprint density at radius 1 is 1.00 bits per heavy atom. The van der Waals surface area contributed by atoms with Crippen molar-refractivity contribution in [3.63, 3.8) is 0 Å². The molecule has 3 aromatic rings. The van der Waals surface area contributed by atoms with E-state index in [-0.39, 0.29) is 35.8 Å². The van der Waals surface area contributed by atoms with Crippen molar-refractivity contribution < 1.29 is 58.2 Å². The van der Waals surface area contributed by atoms with Gasteiger partial charge in [-0.2, -0.15) is 35.1 Å². The number of nitrogens with zero attached hydrogens (tertiary/aromatic N) is 2. The molecule has 2 aromatic carbocycles. The van der Waals surface area contributed by atoms with Crippen LogP contribution in [0.5, 0.6) is 5.75 Å². The third-order valence-electron chi connectivity index (χ3n) is 6.51. The second-order valence-corrected chi connectivity index (χ2v) is 10.4. The molecular weight excluding hydrogens is 684 g/mol. The highest BCUT2D eigenvalue weighted by Gasteiger charge is 2.73. The van der Waals surface area contributed by atoms with Crippen LogP contribution in [-0.2, 0) is 5.67 Å². The number of anilines is 2. The molecule has 1 N–H and O–H groups in total. The van der Waals surface area contributed by atoms with Gasteiger partial charge in [-0.3, -0.25) is 14.6 Å². The Balaban J connectivity index is 1.74. The molecule has 44 heavy (non-hydrogen) atoms. The molecule has 1 aliphatic rings. The molecule has 0 aliphatic heterocycles. The second kappa shape index (κ2) is 12.2. The fourth-order valence-corrected chi connectivity index (χ4v) is 4.70. The summed E-state index contributed by atoms with van der Waals surface area (Å²) < 4.78 is 140. The summed E-state index contributed by atoms with van der Waals surface area (Å²) >= 11 is 2.56. The van der Waals surface area contributed by atoms with E-state index in [1.165, 1.54) is 36.7 Å². The summed E-state index contributed by atoms with van der Waals surface area (Å²) in [4.78, 5) is 31.2. The van der Waals surface area contributed by atoms with Gasteiger partial charge in [0, 0.05) is 34.5 Å². The molecule has 1 saturated carbocycles. The first-order chi connectivity index (χ1) is 20.5. The molecule has 1 heterocycles. The first kappa shape index (κ1) is 33.0. The van der Waals surface area contributed by atoms with Gasteiger partial charge in [-0.1, -0.05) is 6.07 Å². The largest absolute Gasteiger partial charge is 0.435 e. The number of rotatable bonds is 9. The SMILES string of the molecule is O=C(Nc1c(Br)cc(C(F)(C(F)(F)F)C(F)(F)F)cc1OC(F)F)c1cccc(N(CC2CC2)C(=O)c2ccncc2)c1F. The Hall–Kier alpha value is -3.89. The van der Waals surface area contributed by atoms with Crippen LogP contribution in [0, 0.1) is 11.7 Å². The highest BCUT2D eigenvalue weighted by atomic mass is 79.9. The molecule has 236 valence electrons. The zero-order chi connectivity index (χ0) is 32.6. The minimum absolute atomic E-state index is 0.0353. The average molecular weight is 702 g/mol. The molecule has 17 heteroatoms. The lowest BCUT2D eigenvalue weighted by atomic mass is 9.93. The van der Waals surface area contributed by atoms with E-state index >= 15 is 4.39 Å². The highest BCUT2D eigenvalue weighted by molar-refractivity contribution is 9.10. The average Bonchev–Trinajstić information content (AvgIpc) is 3.76. The normalized spacial score (nSPS) is 14.0. The lowest BCUT2D eigenvalue weighted by molar-refractivity contribution is -0.348. The van der Waals surface area contributed by atoms with Gasteiger partial charge in [-0.15, -0.1) is 0 Å². The Kier molecular flexibility index (Phi) is 9.19. The minimum Gasteiger partial charge on any atom is -0.433 e. The number of halogens is 11. The summed E-state index contributed by atoms with van der Waals surface area (Å²) in [6.07, 6.45) is -8.99. The van der Waals surface area contributed by atoms with Gasteiger partial charge in [0.1, 0.15) is 0 Å². The van der Waals surface area contributed by atoms with Crippen LogP contribution in [-0.4, -0.2) is 42.3 Å². The predicted molar refractivity (Wildman–Crippen MR) is 139 cm³/mol. The van der Waals surface area contributed by atoms with Gasteiger partial charge >= 0.3 is 24.6 Å². The van der Waals surface area contributed by atoms with Crippen LogP contribution in [0.3, 0.4) is 0 Å².